The third-order valence-corrected chi connectivity index (χ3v) is 4.63. The van der Waals surface area contributed by atoms with Gasteiger partial charge in [0.25, 0.3) is 0 Å². The molecule has 22 heavy (non-hydrogen) atoms. The first-order chi connectivity index (χ1) is 9.57. The van der Waals surface area contributed by atoms with Crippen molar-refractivity contribution in [1.29, 1.82) is 0 Å². The normalized spacial score (nSPS) is 11.8. The van der Waals surface area contributed by atoms with Crippen LogP contribution in [0, 0.1) is 0 Å². The molecule has 0 aliphatic carbocycles. The van der Waals surface area contributed by atoms with Gasteiger partial charge in [-0.25, -0.2) is 22.0 Å². The van der Waals surface area contributed by atoms with Crippen LogP contribution < -0.4 is 40.0 Å². The number of halogens is 1. The largest absolute Gasteiger partial charge is 1.00 e. The Kier molecular flexibility index (Phi) is 8.84. The Morgan fingerprint density at radius 1 is 1.27 bits per heavy atom. The molecule has 0 saturated heterocycles. The number of sulfonamides is 1. The van der Waals surface area contributed by atoms with E-state index in [4.69, 9.17) is 21.5 Å². The molecule has 0 saturated carbocycles. The zero-order valence-electron chi connectivity index (χ0n) is 12.0. The van der Waals surface area contributed by atoms with Crippen LogP contribution in [0.25, 0.3) is 0 Å². The molecule has 0 aromatic heterocycles. The molecule has 0 atom stereocenters. The summed E-state index contributed by atoms with van der Waals surface area (Å²) in [4.78, 5) is -1.37. The molecule has 1 aromatic carbocycles. The monoisotopic (exact) mass is 380 g/mol. The maximum Gasteiger partial charge on any atom is 1.00 e. The van der Waals surface area contributed by atoms with Gasteiger partial charge in [-0.2, -0.15) is 0 Å². The Balaban J connectivity index is 0.00000441. The first kappa shape index (κ1) is 22.1. The number of nitrogens with two attached hydrogens (primary N) is 1. The van der Waals surface area contributed by atoms with Crippen molar-refractivity contribution in [2.24, 2.45) is 5.14 Å². The summed E-state index contributed by atoms with van der Waals surface area (Å²) < 4.78 is 61.3. The predicted molar refractivity (Wildman–Crippen MR) is 75.8 cm³/mol. The van der Waals surface area contributed by atoms with Crippen LogP contribution in [0.1, 0.15) is 6.92 Å². The molecule has 0 aliphatic rings. The number of ether oxygens (including phenoxy) is 1. The van der Waals surface area contributed by atoms with Crippen LogP contribution in [-0.2, 0) is 24.9 Å². The number of hydrogen-bond donors (Lipinski definition) is 2. The first-order valence-electron chi connectivity index (χ1n) is 5.71. The molecule has 0 heterocycles. The first-order valence-corrected chi connectivity index (χ1v) is 9.04. The van der Waals surface area contributed by atoms with E-state index in [-0.39, 0.29) is 53.4 Å². The number of primary sulfonamides is 1. The van der Waals surface area contributed by atoms with Crippen molar-refractivity contribution in [1.82, 2.24) is 0 Å². The Bertz CT molecular complexity index is 723. The van der Waals surface area contributed by atoms with Gasteiger partial charge < -0.3 is 14.6 Å². The quantitative estimate of drug-likeness (QED) is 0.299. The molecule has 3 N–H and O–H groups in total. The van der Waals surface area contributed by atoms with Crippen LogP contribution >= 0.6 is 11.6 Å². The summed E-state index contributed by atoms with van der Waals surface area (Å²) in [5.41, 5.74) is -0.109. The van der Waals surface area contributed by atoms with Gasteiger partial charge in [-0.1, -0.05) is 11.6 Å². The summed E-state index contributed by atoms with van der Waals surface area (Å²) in [6.45, 7) is 2.73. The number of nitrogens with one attached hydrogen (secondary N) is 1. The van der Waals surface area contributed by atoms with Crippen LogP contribution in [0.4, 0.5) is 5.69 Å². The van der Waals surface area contributed by atoms with Gasteiger partial charge in [0.2, 0.25) is 10.0 Å². The molecular formula is C10H14ClN2NaO6S2. The standard InChI is InChI=1S/C10H15ClN2O6S2.Na/c1-2-19-4-3-13-8-5-7(11)9(20(12,14)15)6-10(8)21(16,17)18;/h5-6,13H,2-4H2,1H3,(H2,12,14,15)(H,16,17,18);/q;+1/p-1. The minimum atomic E-state index is -4.91. The van der Waals surface area contributed by atoms with E-state index in [1.165, 1.54) is 0 Å². The van der Waals surface area contributed by atoms with E-state index in [1.54, 1.807) is 6.92 Å². The van der Waals surface area contributed by atoms with E-state index >= 15 is 0 Å². The Morgan fingerprint density at radius 2 is 1.86 bits per heavy atom. The molecule has 8 nitrogen and oxygen atoms in total. The van der Waals surface area contributed by atoms with Crippen molar-refractivity contribution in [2.45, 2.75) is 16.7 Å². The van der Waals surface area contributed by atoms with Crippen LogP contribution in [0.5, 0.6) is 0 Å². The minimum absolute atomic E-state index is 0. The Morgan fingerprint density at radius 3 is 2.32 bits per heavy atom. The number of rotatable bonds is 7. The van der Waals surface area contributed by atoms with Crippen molar-refractivity contribution in [3.63, 3.8) is 0 Å². The van der Waals surface area contributed by atoms with Gasteiger partial charge in [-0.3, -0.25) is 0 Å². The number of benzene rings is 1. The maximum atomic E-state index is 11.3. The third kappa shape index (κ3) is 6.30. The third-order valence-electron chi connectivity index (χ3n) is 2.38. The van der Waals surface area contributed by atoms with Gasteiger partial charge >= 0.3 is 29.6 Å². The van der Waals surface area contributed by atoms with Gasteiger partial charge in [0.15, 0.2) is 0 Å². The van der Waals surface area contributed by atoms with E-state index in [0.717, 1.165) is 6.07 Å². The fourth-order valence-corrected chi connectivity index (χ4v) is 3.34. The van der Waals surface area contributed by atoms with Gasteiger partial charge in [0.1, 0.15) is 15.0 Å². The Labute approximate surface area is 156 Å². The molecule has 0 fully saturated rings. The van der Waals surface area contributed by atoms with Crippen molar-refractivity contribution in [3.8, 4) is 0 Å². The molecule has 120 valence electrons. The van der Waals surface area contributed by atoms with E-state index in [0.29, 0.717) is 12.7 Å². The van der Waals surface area contributed by atoms with Crippen molar-refractivity contribution >= 4 is 37.4 Å². The van der Waals surface area contributed by atoms with E-state index < -0.39 is 29.9 Å². The number of hydrogen-bond acceptors (Lipinski definition) is 7. The van der Waals surface area contributed by atoms with Crippen molar-refractivity contribution in [2.75, 3.05) is 25.1 Å². The van der Waals surface area contributed by atoms with Crippen LogP contribution in [0.15, 0.2) is 21.9 Å². The minimum Gasteiger partial charge on any atom is -0.744 e. The summed E-state index contributed by atoms with van der Waals surface area (Å²) in [5.74, 6) is 0. The van der Waals surface area contributed by atoms with Gasteiger partial charge in [-0.05, 0) is 19.1 Å². The molecular weight excluding hydrogens is 367 g/mol. The molecule has 0 amide bonds. The summed E-state index contributed by atoms with van der Waals surface area (Å²) in [6.07, 6.45) is 0. The second-order valence-corrected chi connectivity index (χ2v) is 7.19. The Hall–Kier alpha value is 0.0900. The van der Waals surface area contributed by atoms with E-state index in [9.17, 15) is 21.4 Å². The van der Waals surface area contributed by atoms with Crippen LogP contribution in [-0.4, -0.2) is 41.1 Å². The van der Waals surface area contributed by atoms with Gasteiger partial charge in [0.05, 0.1) is 22.2 Å². The average molecular weight is 381 g/mol. The average Bonchev–Trinajstić information content (AvgIpc) is 2.31. The van der Waals surface area contributed by atoms with Crippen LogP contribution in [0.3, 0.4) is 0 Å². The maximum absolute atomic E-state index is 11.3. The summed E-state index contributed by atoms with van der Waals surface area (Å²) in [6, 6.07) is 1.67. The number of anilines is 1. The zero-order chi connectivity index (χ0) is 16.3. The molecule has 12 heteroatoms. The molecule has 0 aliphatic heterocycles. The fraction of sp³-hybridized carbons (Fsp3) is 0.400. The second-order valence-electron chi connectivity index (χ2n) is 3.90. The van der Waals surface area contributed by atoms with Crippen LogP contribution in [0.2, 0.25) is 5.02 Å². The molecule has 1 aromatic rings. The summed E-state index contributed by atoms with van der Waals surface area (Å²) in [7, 11) is -9.16. The summed E-state index contributed by atoms with van der Waals surface area (Å²) >= 11 is 5.75. The molecule has 0 unspecified atom stereocenters. The SMILES string of the molecule is CCOCCNc1cc(Cl)c(S(N)(=O)=O)cc1S(=O)(=O)[O-].[Na+]. The predicted octanol–water partition coefficient (Wildman–Crippen LogP) is -2.66. The molecule has 0 radical (unpaired) electrons. The summed E-state index contributed by atoms with van der Waals surface area (Å²) in [5, 5.41) is 7.27. The molecule has 0 spiro atoms. The van der Waals surface area contributed by atoms with Crippen molar-refractivity contribution in [3.05, 3.63) is 17.2 Å². The van der Waals surface area contributed by atoms with Crippen molar-refractivity contribution < 1.29 is 55.7 Å². The fourth-order valence-electron chi connectivity index (χ4n) is 1.50. The van der Waals surface area contributed by atoms with Gasteiger partial charge in [-0.15, -0.1) is 0 Å². The van der Waals surface area contributed by atoms with E-state index in [2.05, 4.69) is 5.32 Å². The van der Waals surface area contributed by atoms with E-state index in [1.807, 2.05) is 0 Å². The molecule has 0 bridgehead atoms. The second kappa shape index (κ2) is 8.81. The topological polar surface area (TPSA) is 139 Å². The molecule has 1 rings (SSSR count). The smallest absolute Gasteiger partial charge is 0.744 e. The zero-order valence-corrected chi connectivity index (χ0v) is 16.4. The van der Waals surface area contributed by atoms with Gasteiger partial charge in [0, 0.05) is 13.2 Å².